The van der Waals surface area contributed by atoms with Gasteiger partial charge in [0.2, 0.25) is 5.75 Å². The number of nitrogens with zero attached hydrogens (tertiary/aromatic N) is 1. The maximum atomic E-state index is 6.22. The lowest BCUT2D eigenvalue weighted by atomic mass is 10.1. The number of aromatic nitrogens is 1. The molecule has 1 unspecified atom stereocenters. The molecule has 0 fully saturated rings. The quantitative estimate of drug-likeness (QED) is 0.909. The summed E-state index contributed by atoms with van der Waals surface area (Å²) in [6, 6.07) is 3.32. The summed E-state index contributed by atoms with van der Waals surface area (Å²) in [5, 5.41) is 2.72. The Morgan fingerprint density at radius 1 is 1.11 bits per heavy atom. The third-order valence-electron chi connectivity index (χ3n) is 2.79. The molecule has 0 aliphatic rings. The molecule has 0 spiro atoms. The number of ether oxygens (including phenoxy) is 3. The minimum Gasteiger partial charge on any atom is -0.493 e. The van der Waals surface area contributed by atoms with Crippen molar-refractivity contribution in [2.45, 2.75) is 6.04 Å². The molecule has 0 amide bonds. The minimum absolute atomic E-state index is 0.352. The van der Waals surface area contributed by atoms with Crippen LogP contribution in [0.25, 0.3) is 0 Å². The Labute approximate surface area is 115 Å². The molecule has 5 nitrogen and oxygen atoms in total. The summed E-state index contributed by atoms with van der Waals surface area (Å²) in [6.45, 7) is 0. The summed E-state index contributed by atoms with van der Waals surface area (Å²) in [5.74, 6) is 1.72. The fourth-order valence-corrected chi connectivity index (χ4v) is 2.55. The molecule has 2 rings (SSSR count). The van der Waals surface area contributed by atoms with Crippen LogP contribution in [0.1, 0.15) is 16.6 Å². The van der Waals surface area contributed by atoms with Crippen LogP contribution < -0.4 is 19.9 Å². The van der Waals surface area contributed by atoms with Gasteiger partial charge in [-0.1, -0.05) is 0 Å². The summed E-state index contributed by atoms with van der Waals surface area (Å²) in [4.78, 5) is 4.23. The molecule has 0 saturated carbocycles. The van der Waals surface area contributed by atoms with Gasteiger partial charge in [0.15, 0.2) is 11.5 Å². The molecule has 1 atom stereocenters. The van der Waals surface area contributed by atoms with Crippen LogP contribution in [-0.2, 0) is 0 Å². The average molecular weight is 280 g/mol. The van der Waals surface area contributed by atoms with Crippen molar-refractivity contribution >= 4 is 11.3 Å². The van der Waals surface area contributed by atoms with Crippen LogP contribution in [0.2, 0.25) is 0 Å². The van der Waals surface area contributed by atoms with Crippen LogP contribution in [0, 0.1) is 0 Å². The van der Waals surface area contributed by atoms with Gasteiger partial charge in [-0.2, -0.15) is 0 Å². The lowest BCUT2D eigenvalue weighted by Gasteiger charge is -2.18. The van der Waals surface area contributed by atoms with Gasteiger partial charge in [-0.3, -0.25) is 0 Å². The summed E-state index contributed by atoms with van der Waals surface area (Å²) in [6.07, 6.45) is 1.73. The predicted octanol–water partition coefficient (Wildman–Crippen LogP) is 2.22. The van der Waals surface area contributed by atoms with Crippen molar-refractivity contribution in [2.24, 2.45) is 5.73 Å². The highest BCUT2D eigenvalue weighted by atomic mass is 32.1. The normalized spacial score (nSPS) is 12.0. The van der Waals surface area contributed by atoms with Gasteiger partial charge in [0, 0.05) is 17.1 Å². The van der Waals surface area contributed by atoms with Gasteiger partial charge in [0.05, 0.1) is 27.4 Å². The van der Waals surface area contributed by atoms with E-state index in [1.807, 2.05) is 17.5 Å². The van der Waals surface area contributed by atoms with E-state index >= 15 is 0 Å². The fourth-order valence-electron chi connectivity index (χ4n) is 1.89. The molecule has 1 aromatic carbocycles. The van der Waals surface area contributed by atoms with Crippen LogP contribution in [-0.4, -0.2) is 26.3 Å². The molecule has 0 aliphatic heterocycles. The molecule has 2 N–H and O–H groups in total. The first-order valence-corrected chi connectivity index (χ1v) is 6.54. The van der Waals surface area contributed by atoms with Crippen LogP contribution in [0.15, 0.2) is 23.7 Å². The van der Waals surface area contributed by atoms with Gasteiger partial charge in [0.1, 0.15) is 5.01 Å². The van der Waals surface area contributed by atoms with Crippen molar-refractivity contribution in [2.75, 3.05) is 21.3 Å². The highest BCUT2D eigenvalue weighted by Crippen LogP contribution is 2.42. The van der Waals surface area contributed by atoms with Crippen molar-refractivity contribution < 1.29 is 14.2 Å². The van der Waals surface area contributed by atoms with Crippen LogP contribution in [0.3, 0.4) is 0 Å². The SMILES string of the molecule is COc1ccc(C(N)c2nccs2)c(OC)c1OC. The zero-order valence-corrected chi connectivity index (χ0v) is 11.9. The molecule has 0 saturated heterocycles. The molecule has 102 valence electrons. The van der Waals surface area contributed by atoms with E-state index in [2.05, 4.69) is 4.98 Å². The van der Waals surface area contributed by atoms with Crippen LogP contribution >= 0.6 is 11.3 Å². The molecule has 1 aromatic heterocycles. The molecular weight excluding hydrogens is 264 g/mol. The van der Waals surface area contributed by atoms with Crippen molar-refractivity contribution in [1.82, 2.24) is 4.98 Å². The van der Waals surface area contributed by atoms with Crippen molar-refractivity contribution in [1.29, 1.82) is 0 Å². The maximum Gasteiger partial charge on any atom is 0.203 e. The van der Waals surface area contributed by atoms with Crippen molar-refractivity contribution in [3.8, 4) is 17.2 Å². The smallest absolute Gasteiger partial charge is 0.203 e. The van der Waals surface area contributed by atoms with Gasteiger partial charge >= 0.3 is 0 Å². The second kappa shape index (κ2) is 5.90. The van der Waals surface area contributed by atoms with Gasteiger partial charge in [-0.25, -0.2) is 4.98 Å². The predicted molar refractivity (Wildman–Crippen MR) is 74.2 cm³/mol. The summed E-state index contributed by atoms with van der Waals surface area (Å²) in [5.41, 5.74) is 7.04. The maximum absolute atomic E-state index is 6.22. The Kier molecular flexibility index (Phi) is 4.24. The van der Waals surface area contributed by atoms with Gasteiger partial charge in [-0.15, -0.1) is 11.3 Å². The number of hydrogen-bond donors (Lipinski definition) is 1. The molecule has 6 heteroatoms. The fraction of sp³-hybridized carbons (Fsp3) is 0.308. The molecule has 1 heterocycles. The van der Waals surface area contributed by atoms with Crippen LogP contribution in [0.4, 0.5) is 0 Å². The zero-order valence-electron chi connectivity index (χ0n) is 11.0. The lowest BCUT2D eigenvalue weighted by Crippen LogP contribution is -2.13. The first kappa shape index (κ1) is 13.6. The number of hydrogen-bond acceptors (Lipinski definition) is 6. The average Bonchev–Trinajstić information content (AvgIpc) is 2.98. The van der Waals surface area contributed by atoms with E-state index in [-0.39, 0.29) is 6.04 Å². The summed E-state index contributed by atoms with van der Waals surface area (Å²) < 4.78 is 16.0. The third-order valence-corrected chi connectivity index (χ3v) is 3.65. The van der Waals surface area contributed by atoms with Crippen molar-refractivity contribution in [3.05, 3.63) is 34.3 Å². The second-order valence-electron chi connectivity index (χ2n) is 3.77. The van der Waals surface area contributed by atoms with E-state index in [0.717, 1.165) is 10.6 Å². The van der Waals surface area contributed by atoms with E-state index in [1.165, 1.54) is 11.3 Å². The van der Waals surface area contributed by atoms with Gasteiger partial charge < -0.3 is 19.9 Å². The standard InChI is InChI=1S/C13H16N2O3S/c1-16-9-5-4-8(11(17-2)12(9)18-3)10(14)13-15-6-7-19-13/h4-7,10H,14H2,1-3H3. The van der Waals surface area contributed by atoms with Crippen LogP contribution in [0.5, 0.6) is 17.2 Å². The lowest BCUT2D eigenvalue weighted by molar-refractivity contribution is 0.321. The number of rotatable bonds is 5. The molecule has 0 aliphatic carbocycles. The van der Waals surface area contributed by atoms with Gasteiger partial charge in [0.25, 0.3) is 0 Å². The second-order valence-corrected chi connectivity index (χ2v) is 4.70. The summed E-state index contributed by atoms with van der Waals surface area (Å²) >= 11 is 1.50. The number of methoxy groups -OCH3 is 3. The highest BCUT2D eigenvalue weighted by molar-refractivity contribution is 7.09. The molecule has 2 aromatic rings. The number of benzene rings is 1. The zero-order chi connectivity index (χ0) is 13.8. The third kappa shape index (κ3) is 2.50. The van der Waals surface area contributed by atoms with E-state index in [4.69, 9.17) is 19.9 Å². The van der Waals surface area contributed by atoms with E-state index in [9.17, 15) is 0 Å². The van der Waals surface area contributed by atoms with Crippen molar-refractivity contribution in [3.63, 3.8) is 0 Å². The van der Waals surface area contributed by atoms with E-state index in [0.29, 0.717) is 17.2 Å². The Morgan fingerprint density at radius 3 is 2.37 bits per heavy atom. The Bertz CT molecular complexity index is 543. The Balaban J connectivity index is 2.51. The van der Waals surface area contributed by atoms with Gasteiger partial charge in [-0.05, 0) is 12.1 Å². The largest absolute Gasteiger partial charge is 0.493 e. The van der Waals surface area contributed by atoms with E-state index < -0.39 is 0 Å². The molecule has 0 bridgehead atoms. The monoisotopic (exact) mass is 280 g/mol. The molecular formula is C13H16N2O3S. The first-order valence-electron chi connectivity index (χ1n) is 5.66. The molecule has 19 heavy (non-hydrogen) atoms. The van der Waals surface area contributed by atoms with E-state index in [1.54, 1.807) is 27.5 Å². The Hall–Kier alpha value is -1.79. The minimum atomic E-state index is -0.352. The number of nitrogens with two attached hydrogens (primary N) is 1. The molecule has 0 radical (unpaired) electrons. The number of thiazole rings is 1. The first-order chi connectivity index (χ1) is 9.22. The topological polar surface area (TPSA) is 66.6 Å². The highest BCUT2D eigenvalue weighted by Gasteiger charge is 2.22. The Morgan fingerprint density at radius 2 is 1.84 bits per heavy atom. The summed E-state index contributed by atoms with van der Waals surface area (Å²) in [7, 11) is 4.73.